The van der Waals surface area contributed by atoms with E-state index >= 15 is 0 Å². The van der Waals surface area contributed by atoms with Gasteiger partial charge in [-0.15, -0.1) is 0 Å². The molecule has 2 saturated carbocycles. The van der Waals surface area contributed by atoms with Crippen molar-refractivity contribution in [2.45, 2.75) is 56.3 Å². The topological polar surface area (TPSA) is 91.6 Å². The van der Waals surface area contributed by atoms with Gasteiger partial charge in [0.05, 0.1) is 24.9 Å². The molecule has 6 nitrogen and oxygen atoms in total. The third-order valence-electron chi connectivity index (χ3n) is 5.19. The minimum Gasteiger partial charge on any atom is -0.388 e. The molecule has 0 aromatic heterocycles. The number of nitrogens with one attached hydrogen (secondary N) is 1. The standard InChI is InChI=1S/C15H22N2O4/c16-10-13(2-1-3-13)12(18)17-11-14(19)4-6-15(7-5-14)20-8-9-21-15/h19H,1-9,11H2,(H,17,18). The Morgan fingerprint density at radius 1 is 1.14 bits per heavy atom. The second-order valence-corrected chi connectivity index (χ2v) is 6.56. The van der Waals surface area contributed by atoms with E-state index in [1.54, 1.807) is 0 Å². The summed E-state index contributed by atoms with van der Waals surface area (Å²) in [5.41, 5.74) is -1.78. The third-order valence-corrected chi connectivity index (χ3v) is 5.19. The van der Waals surface area contributed by atoms with E-state index in [9.17, 15) is 9.90 Å². The molecule has 0 aromatic carbocycles. The fraction of sp³-hybridized carbons (Fsp3) is 0.867. The average Bonchev–Trinajstić information content (AvgIpc) is 2.89. The minimum atomic E-state index is -0.920. The first-order chi connectivity index (χ1) is 10.0. The highest BCUT2D eigenvalue weighted by atomic mass is 16.7. The molecule has 1 aliphatic heterocycles. The van der Waals surface area contributed by atoms with Crippen LogP contribution in [0.15, 0.2) is 0 Å². The first-order valence-electron chi connectivity index (χ1n) is 7.72. The molecule has 1 amide bonds. The molecule has 1 spiro atoms. The molecule has 3 fully saturated rings. The van der Waals surface area contributed by atoms with Gasteiger partial charge in [0.15, 0.2) is 5.79 Å². The number of hydrogen-bond donors (Lipinski definition) is 2. The van der Waals surface area contributed by atoms with Crippen molar-refractivity contribution in [2.24, 2.45) is 5.41 Å². The Kier molecular flexibility index (Phi) is 3.68. The molecule has 0 aromatic rings. The van der Waals surface area contributed by atoms with E-state index in [0.717, 1.165) is 6.42 Å². The van der Waals surface area contributed by atoms with Gasteiger partial charge in [0.25, 0.3) is 0 Å². The number of hydrogen-bond acceptors (Lipinski definition) is 5. The lowest BCUT2D eigenvalue weighted by molar-refractivity contribution is -0.201. The Bertz CT molecular complexity index is 451. The number of nitrogens with zero attached hydrogens (tertiary/aromatic N) is 1. The van der Waals surface area contributed by atoms with Crippen LogP contribution in [0.2, 0.25) is 0 Å². The predicted molar refractivity (Wildman–Crippen MR) is 73.0 cm³/mol. The van der Waals surface area contributed by atoms with E-state index in [1.807, 2.05) is 0 Å². The summed E-state index contributed by atoms with van der Waals surface area (Å²) in [5, 5.41) is 22.5. The second kappa shape index (κ2) is 5.24. The summed E-state index contributed by atoms with van der Waals surface area (Å²) in [6, 6.07) is 2.12. The number of nitriles is 1. The average molecular weight is 294 g/mol. The highest BCUT2D eigenvalue weighted by Gasteiger charge is 2.48. The van der Waals surface area contributed by atoms with Gasteiger partial charge in [-0.2, -0.15) is 5.26 Å². The Morgan fingerprint density at radius 2 is 1.76 bits per heavy atom. The molecule has 1 saturated heterocycles. The van der Waals surface area contributed by atoms with Gasteiger partial charge >= 0.3 is 0 Å². The van der Waals surface area contributed by atoms with Crippen molar-refractivity contribution in [2.75, 3.05) is 19.8 Å². The van der Waals surface area contributed by atoms with E-state index in [-0.39, 0.29) is 12.5 Å². The van der Waals surface area contributed by atoms with E-state index in [4.69, 9.17) is 14.7 Å². The first kappa shape index (κ1) is 14.8. The molecule has 116 valence electrons. The molecule has 2 aliphatic carbocycles. The first-order valence-corrected chi connectivity index (χ1v) is 7.72. The Labute approximate surface area is 124 Å². The van der Waals surface area contributed by atoms with Crippen LogP contribution in [0.5, 0.6) is 0 Å². The molecule has 3 aliphatic rings. The van der Waals surface area contributed by atoms with Gasteiger partial charge in [-0.05, 0) is 32.1 Å². The van der Waals surface area contributed by atoms with Crippen LogP contribution in [-0.4, -0.2) is 42.2 Å². The van der Waals surface area contributed by atoms with Crippen molar-refractivity contribution in [3.63, 3.8) is 0 Å². The van der Waals surface area contributed by atoms with Crippen LogP contribution < -0.4 is 5.32 Å². The number of aliphatic hydroxyl groups is 1. The van der Waals surface area contributed by atoms with Gasteiger partial charge in [0.2, 0.25) is 5.91 Å². The third kappa shape index (κ3) is 2.66. The van der Waals surface area contributed by atoms with Crippen molar-refractivity contribution in [3.05, 3.63) is 0 Å². The highest BCUT2D eigenvalue weighted by molar-refractivity contribution is 5.86. The lowest BCUT2D eigenvalue weighted by Crippen LogP contribution is -2.53. The largest absolute Gasteiger partial charge is 0.388 e. The molecule has 0 bridgehead atoms. The van der Waals surface area contributed by atoms with E-state index in [2.05, 4.69) is 11.4 Å². The quantitative estimate of drug-likeness (QED) is 0.805. The number of carbonyl (C=O) groups excluding carboxylic acids is 1. The summed E-state index contributed by atoms with van der Waals surface area (Å²) in [4.78, 5) is 12.1. The van der Waals surface area contributed by atoms with Gasteiger partial charge in [-0.25, -0.2) is 0 Å². The Balaban J connectivity index is 1.51. The summed E-state index contributed by atoms with van der Waals surface area (Å²) in [7, 11) is 0. The zero-order chi connectivity index (χ0) is 15.0. The number of carbonyl (C=O) groups is 1. The van der Waals surface area contributed by atoms with Crippen molar-refractivity contribution >= 4 is 5.91 Å². The van der Waals surface area contributed by atoms with Crippen molar-refractivity contribution in [3.8, 4) is 6.07 Å². The molecule has 0 atom stereocenters. The molecule has 3 rings (SSSR count). The highest BCUT2D eigenvalue weighted by Crippen LogP contribution is 2.42. The van der Waals surface area contributed by atoms with Crippen LogP contribution in [-0.2, 0) is 14.3 Å². The molecule has 6 heteroatoms. The molecular formula is C15H22N2O4. The van der Waals surface area contributed by atoms with E-state index < -0.39 is 16.8 Å². The molecule has 2 N–H and O–H groups in total. The summed E-state index contributed by atoms with van der Waals surface area (Å²) < 4.78 is 11.3. The fourth-order valence-corrected chi connectivity index (χ4v) is 3.39. The normalized spacial score (nSPS) is 28.6. The Morgan fingerprint density at radius 3 is 2.24 bits per heavy atom. The number of rotatable bonds is 3. The molecular weight excluding hydrogens is 272 g/mol. The van der Waals surface area contributed by atoms with Crippen molar-refractivity contribution < 1.29 is 19.4 Å². The fourth-order valence-electron chi connectivity index (χ4n) is 3.39. The van der Waals surface area contributed by atoms with Crippen molar-refractivity contribution in [1.29, 1.82) is 5.26 Å². The molecule has 0 unspecified atom stereocenters. The Hall–Kier alpha value is -1.16. The smallest absolute Gasteiger partial charge is 0.240 e. The zero-order valence-electron chi connectivity index (χ0n) is 12.2. The zero-order valence-corrected chi connectivity index (χ0v) is 12.2. The summed E-state index contributed by atoms with van der Waals surface area (Å²) in [6.45, 7) is 1.42. The monoisotopic (exact) mass is 294 g/mol. The van der Waals surface area contributed by atoms with Crippen LogP contribution in [0.3, 0.4) is 0 Å². The van der Waals surface area contributed by atoms with Gasteiger partial charge in [0.1, 0.15) is 5.41 Å². The predicted octanol–water partition coefficient (Wildman–Crippen LogP) is 0.845. The second-order valence-electron chi connectivity index (χ2n) is 6.56. The number of amides is 1. The molecule has 21 heavy (non-hydrogen) atoms. The van der Waals surface area contributed by atoms with Crippen LogP contribution in [0, 0.1) is 16.7 Å². The van der Waals surface area contributed by atoms with Gasteiger partial charge in [-0.1, -0.05) is 0 Å². The van der Waals surface area contributed by atoms with E-state index in [1.165, 1.54) is 0 Å². The van der Waals surface area contributed by atoms with Crippen LogP contribution >= 0.6 is 0 Å². The molecule has 1 heterocycles. The van der Waals surface area contributed by atoms with Gasteiger partial charge < -0.3 is 19.9 Å². The van der Waals surface area contributed by atoms with Crippen LogP contribution in [0.25, 0.3) is 0 Å². The number of ether oxygens (including phenoxy) is 2. The maximum Gasteiger partial charge on any atom is 0.240 e. The van der Waals surface area contributed by atoms with E-state index in [0.29, 0.717) is 51.7 Å². The maximum absolute atomic E-state index is 12.1. The van der Waals surface area contributed by atoms with Gasteiger partial charge in [0, 0.05) is 19.4 Å². The van der Waals surface area contributed by atoms with Crippen molar-refractivity contribution in [1.82, 2.24) is 5.32 Å². The minimum absolute atomic E-state index is 0.200. The van der Waals surface area contributed by atoms with Crippen LogP contribution in [0.4, 0.5) is 0 Å². The van der Waals surface area contributed by atoms with Gasteiger partial charge in [-0.3, -0.25) is 4.79 Å². The lowest BCUT2D eigenvalue weighted by atomic mass is 9.69. The summed E-state index contributed by atoms with van der Waals surface area (Å²) in [6.07, 6.45) is 4.52. The summed E-state index contributed by atoms with van der Waals surface area (Å²) >= 11 is 0. The summed E-state index contributed by atoms with van der Waals surface area (Å²) in [5.74, 6) is -0.753. The van der Waals surface area contributed by atoms with Crippen LogP contribution in [0.1, 0.15) is 44.9 Å². The molecule has 0 radical (unpaired) electrons. The maximum atomic E-state index is 12.1. The lowest BCUT2D eigenvalue weighted by Gasteiger charge is -2.41. The SMILES string of the molecule is N#CC1(C(=O)NCC2(O)CCC3(CC2)OCCO3)CCC1.